The van der Waals surface area contributed by atoms with E-state index in [4.69, 9.17) is 4.74 Å². The number of halogens is 1. The van der Waals surface area contributed by atoms with Gasteiger partial charge in [-0.05, 0) is 49.6 Å². The molecule has 0 amide bonds. The van der Waals surface area contributed by atoms with Gasteiger partial charge in [0, 0.05) is 49.4 Å². The number of guanidine groups is 1. The molecule has 4 heterocycles. The van der Waals surface area contributed by atoms with Gasteiger partial charge in [0.25, 0.3) is 0 Å². The average molecular weight is 566 g/mol. The van der Waals surface area contributed by atoms with Crippen molar-refractivity contribution >= 4 is 53.0 Å². The molecule has 3 saturated heterocycles. The van der Waals surface area contributed by atoms with Gasteiger partial charge < -0.3 is 15.4 Å². The molecule has 2 unspecified atom stereocenters. The van der Waals surface area contributed by atoms with Gasteiger partial charge in [0.1, 0.15) is 0 Å². The van der Waals surface area contributed by atoms with E-state index in [0.29, 0.717) is 6.04 Å². The molecule has 0 saturated carbocycles. The van der Waals surface area contributed by atoms with Crippen molar-refractivity contribution in [1.82, 2.24) is 20.4 Å². The number of morpholine rings is 1. The van der Waals surface area contributed by atoms with Crippen LogP contribution in [-0.2, 0) is 4.74 Å². The van der Waals surface area contributed by atoms with Gasteiger partial charge in [-0.15, -0.1) is 35.3 Å². The fraction of sp³-hybridized carbons (Fsp3) is 0.762. The van der Waals surface area contributed by atoms with Gasteiger partial charge in [-0.1, -0.05) is 6.07 Å². The predicted octanol–water partition coefficient (Wildman–Crippen LogP) is 2.88. The Hall–Kier alpha value is -0.0700. The molecule has 2 N–H and O–H groups in total. The number of hydrogen-bond donors (Lipinski definition) is 2. The number of ether oxygens (including phenoxy) is 1. The van der Waals surface area contributed by atoms with E-state index in [1.807, 2.05) is 18.4 Å². The van der Waals surface area contributed by atoms with Crippen molar-refractivity contribution in [3.8, 4) is 0 Å². The highest BCUT2D eigenvalue weighted by molar-refractivity contribution is 14.0. The lowest BCUT2D eigenvalue weighted by Gasteiger charge is -2.43. The molecule has 0 radical (unpaired) electrons. The molecule has 0 aromatic carbocycles. The molecule has 9 heteroatoms. The number of thioether (sulfide) groups is 1. The van der Waals surface area contributed by atoms with Crippen molar-refractivity contribution in [1.29, 1.82) is 0 Å². The maximum absolute atomic E-state index is 5.59. The fourth-order valence-electron chi connectivity index (χ4n) is 4.74. The summed E-state index contributed by atoms with van der Waals surface area (Å²) in [5, 5.41) is 9.49. The first-order valence-electron chi connectivity index (χ1n) is 10.9. The number of aliphatic imine (C=N–C) groups is 1. The van der Waals surface area contributed by atoms with Crippen LogP contribution in [0.2, 0.25) is 0 Å². The molecule has 170 valence electrons. The lowest BCUT2D eigenvalue weighted by molar-refractivity contribution is -0.0120. The highest BCUT2D eigenvalue weighted by atomic mass is 127. The molecule has 6 nitrogen and oxygen atoms in total. The lowest BCUT2D eigenvalue weighted by Crippen LogP contribution is -2.60. The SMILES string of the molecule is CN=C(NCC(c1cccs1)N1CCCC1)NCC1(N2CCOCC2)CCSC1.I. The van der Waals surface area contributed by atoms with Crippen LogP contribution >= 0.6 is 47.1 Å². The Morgan fingerprint density at radius 3 is 2.67 bits per heavy atom. The maximum Gasteiger partial charge on any atom is 0.191 e. The standard InChI is InChI=1S/C21H35N5OS2.HI/c1-22-20(23-15-18(19-5-4-13-29-19)25-7-2-3-8-25)24-16-21(6-14-28-17-21)26-9-11-27-12-10-26;/h4-5,13,18H,2-3,6-12,14-17H2,1H3,(H2,22,23,24);1H. The Bertz CT molecular complexity index is 642. The van der Waals surface area contributed by atoms with Gasteiger partial charge >= 0.3 is 0 Å². The van der Waals surface area contributed by atoms with Gasteiger partial charge in [-0.3, -0.25) is 14.8 Å². The number of nitrogens with zero attached hydrogens (tertiary/aromatic N) is 3. The van der Waals surface area contributed by atoms with E-state index in [-0.39, 0.29) is 29.5 Å². The molecular formula is C21H36IN5OS2. The molecule has 4 rings (SSSR count). The molecule has 2 atom stereocenters. The molecule has 0 bridgehead atoms. The minimum Gasteiger partial charge on any atom is -0.379 e. The third kappa shape index (κ3) is 6.04. The predicted molar refractivity (Wildman–Crippen MR) is 140 cm³/mol. The Kier molecular flexibility index (Phi) is 10.0. The monoisotopic (exact) mass is 565 g/mol. The Labute approximate surface area is 206 Å². The summed E-state index contributed by atoms with van der Waals surface area (Å²) in [6, 6.07) is 4.88. The van der Waals surface area contributed by atoms with Crippen molar-refractivity contribution in [2.75, 3.05) is 71.0 Å². The first kappa shape index (κ1) is 24.6. The third-order valence-corrected chi connectivity index (χ3v) is 8.70. The molecule has 30 heavy (non-hydrogen) atoms. The zero-order chi connectivity index (χ0) is 19.9. The molecule has 0 aliphatic carbocycles. The summed E-state index contributed by atoms with van der Waals surface area (Å²) in [4.78, 5) is 11.3. The summed E-state index contributed by atoms with van der Waals surface area (Å²) in [5.41, 5.74) is 0.230. The van der Waals surface area contributed by atoms with Gasteiger partial charge in [0.05, 0.1) is 19.3 Å². The maximum atomic E-state index is 5.59. The second-order valence-corrected chi connectivity index (χ2v) is 10.3. The second-order valence-electron chi connectivity index (χ2n) is 8.21. The van der Waals surface area contributed by atoms with Crippen LogP contribution in [0.3, 0.4) is 0 Å². The van der Waals surface area contributed by atoms with Crippen LogP contribution in [0.4, 0.5) is 0 Å². The lowest BCUT2D eigenvalue weighted by atomic mass is 9.95. The molecular weight excluding hydrogens is 529 g/mol. The van der Waals surface area contributed by atoms with Crippen LogP contribution in [0, 0.1) is 0 Å². The smallest absolute Gasteiger partial charge is 0.191 e. The van der Waals surface area contributed by atoms with E-state index in [9.17, 15) is 0 Å². The highest BCUT2D eigenvalue weighted by Crippen LogP contribution is 2.33. The number of rotatable bonds is 7. The van der Waals surface area contributed by atoms with Gasteiger partial charge in [0.15, 0.2) is 5.96 Å². The van der Waals surface area contributed by atoms with Crippen molar-refractivity contribution in [3.05, 3.63) is 22.4 Å². The molecule has 3 aliphatic rings. The highest BCUT2D eigenvalue weighted by Gasteiger charge is 2.40. The van der Waals surface area contributed by atoms with Crippen LogP contribution in [0.25, 0.3) is 0 Å². The first-order valence-corrected chi connectivity index (χ1v) is 13.0. The summed E-state index contributed by atoms with van der Waals surface area (Å²) in [6.45, 7) is 8.07. The first-order chi connectivity index (χ1) is 14.3. The van der Waals surface area contributed by atoms with E-state index in [1.54, 1.807) is 0 Å². The van der Waals surface area contributed by atoms with Crippen molar-refractivity contribution < 1.29 is 4.74 Å². The Balaban J connectivity index is 0.00000256. The quantitative estimate of drug-likeness (QED) is 0.302. The van der Waals surface area contributed by atoms with E-state index in [1.165, 1.54) is 48.7 Å². The zero-order valence-corrected chi connectivity index (χ0v) is 21.9. The Morgan fingerprint density at radius 2 is 2.03 bits per heavy atom. The van der Waals surface area contributed by atoms with E-state index >= 15 is 0 Å². The zero-order valence-electron chi connectivity index (χ0n) is 18.0. The molecule has 3 aliphatic heterocycles. The number of thiophene rings is 1. The van der Waals surface area contributed by atoms with Crippen LogP contribution in [0.1, 0.15) is 30.2 Å². The molecule has 1 aromatic rings. The minimum atomic E-state index is 0. The van der Waals surface area contributed by atoms with E-state index in [0.717, 1.165) is 45.4 Å². The number of likely N-dealkylation sites (tertiary alicyclic amines) is 1. The van der Waals surface area contributed by atoms with Crippen LogP contribution in [-0.4, -0.2) is 92.3 Å². The Morgan fingerprint density at radius 1 is 1.23 bits per heavy atom. The molecule has 0 spiro atoms. The van der Waals surface area contributed by atoms with Crippen LogP contribution < -0.4 is 10.6 Å². The summed E-state index contributed by atoms with van der Waals surface area (Å²) in [5.74, 6) is 3.37. The minimum absolute atomic E-state index is 0. The van der Waals surface area contributed by atoms with E-state index < -0.39 is 0 Å². The normalized spacial score (nSPS) is 27.0. The van der Waals surface area contributed by atoms with Crippen LogP contribution in [0.15, 0.2) is 22.5 Å². The average Bonchev–Trinajstić information content (AvgIpc) is 3.55. The van der Waals surface area contributed by atoms with Crippen molar-refractivity contribution in [3.63, 3.8) is 0 Å². The summed E-state index contributed by atoms with van der Waals surface area (Å²) in [7, 11) is 1.89. The summed E-state index contributed by atoms with van der Waals surface area (Å²) in [6.07, 6.45) is 3.87. The largest absolute Gasteiger partial charge is 0.379 e. The van der Waals surface area contributed by atoms with Gasteiger partial charge in [0.2, 0.25) is 0 Å². The third-order valence-electron chi connectivity index (χ3n) is 6.49. The van der Waals surface area contributed by atoms with Crippen molar-refractivity contribution in [2.45, 2.75) is 30.8 Å². The van der Waals surface area contributed by atoms with Crippen molar-refractivity contribution in [2.24, 2.45) is 4.99 Å². The summed E-state index contributed by atoms with van der Waals surface area (Å²) >= 11 is 3.95. The second kappa shape index (κ2) is 12.2. The van der Waals surface area contributed by atoms with Crippen LogP contribution in [0.5, 0.6) is 0 Å². The molecule has 1 aromatic heterocycles. The van der Waals surface area contributed by atoms with Gasteiger partial charge in [-0.25, -0.2) is 0 Å². The summed E-state index contributed by atoms with van der Waals surface area (Å²) < 4.78 is 5.59. The fourth-order valence-corrected chi connectivity index (χ4v) is 7.08. The number of nitrogens with one attached hydrogen (secondary N) is 2. The topological polar surface area (TPSA) is 52.1 Å². The number of hydrogen-bond acceptors (Lipinski definition) is 6. The molecule has 3 fully saturated rings. The van der Waals surface area contributed by atoms with Gasteiger partial charge in [-0.2, -0.15) is 11.8 Å². The van der Waals surface area contributed by atoms with E-state index in [2.05, 4.69) is 54.7 Å².